The van der Waals surface area contributed by atoms with E-state index in [1.807, 2.05) is 6.92 Å². The molecule has 0 aliphatic carbocycles. The Morgan fingerprint density at radius 1 is 1.53 bits per heavy atom. The highest BCUT2D eigenvalue weighted by atomic mass is 16.6. The summed E-state index contributed by atoms with van der Waals surface area (Å²) < 4.78 is 5.15. The molecule has 0 saturated carbocycles. The average Bonchev–Trinajstić information content (AvgIpc) is 2.43. The molecule has 0 aromatic heterocycles. The molecule has 1 fully saturated rings. The van der Waals surface area contributed by atoms with Gasteiger partial charge in [-0.15, -0.1) is 0 Å². The van der Waals surface area contributed by atoms with E-state index in [2.05, 4.69) is 0 Å². The largest absolute Gasteiger partial charge is 0.443 e. The molecule has 0 radical (unpaired) electrons. The lowest BCUT2D eigenvalue weighted by molar-refractivity contribution is -0.130. The van der Waals surface area contributed by atoms with Gasteiger partial charge in [-0.25, -0.2) is 9.69 Å². The van der Waals surface area contributed by atoms with Gasteiger partial charge in [0.25, 0.3) is 0 Å². The maximum Gasteiger partial charge on any atom is 0.417 e. The fourth-order valence-electron chi connectivity index (χ4n) is 1.62. The SMILES string of the molecule is CC[C@@H]1CCN(C(=O)OC(C)(C)C)C1=O. The number of likely N-dealkylation sites (tertiary alicyclic amines) is 1. The number of ether oxygens (including phenoxy) is 1. The summed E-state index contributed by atoms with van der Waals surface area (Å²) in [4.78, 5) is 24.5. The first-order valence-corrected chi connectivity index (χ1v) is 5.39. The average molecular weight is 213 g/mol. The van der Waals surface area contributed by atoms with Crippen LogP contribution in [0.25, 0.3) is 0 Å². The van der Waals surface area contributed by atoms with Crippen LogP contribution in [-0.4, -0.2) is 29.0 Å². The number of rotatable bonds is 1. The third-order valence-corrected chi connectivity index (χ3v) is 2.42. The maximum atomic E-state index is 11.7. The molecule has 86 valence electrons. The first-order chi connectivity index (χ1) is 6.85. The lowest BCUT2D eigenvalue weighted by Gasteiger charge is -2.23. The highest BCUT2D eigenvalue weighted by Crippen LogP contribution is 2.22. The van der Waals surface area contributed by atoms with Gasteiger partial charge in [0, 0.05) is 12.5 Å². The summed E-state index contributed by atoms with van der Waals surface area (Å²) in [6.07, 6.45) is 1.04. The summed E-state index contributed by atoms with van der Waals surface area (Å²) in [6, 6.07) is 0. The molecule has 0 bridgehead atoms. The quantitative estimate of drug-likeness (QED) is 0.670. The smallest absolute Gasteiger partial charge is 0.417 e. The molecule has 0 aromatic carbocycles. The van der Waals surface area contributed by atoms with E-state index in [0.29, 0.717) is 6.54 Å². The Balaban J connectivity index is 2.59. The van der Waals surface area contributed by atoms with Crippen molar-refractivity contribution in [1.82, 2.24) is 4.90 Å². The zero-order chi connectivity index (χ0) is 11.6. The van der Waals surface area contributed by atoms with Crippen LogP contribution in [0.2, 0.25) is 0 Å². The van der Waals surface area contributed by atoms with E-state index in [4.69, 9.17) is 4.74 Å². The van der Waals surface area contributed by atoms with Crippen LogP contribution in [0.4, 0.5) is 4.79 Å². The fourth-order valence-corrected chi connectivity index (χ4v) is 1.62. The van der Waals surface area contributed by atoms with Crippen LogP contribution < -0.4 is 0 Å². The molecule has 0 N–H and O–H groups in total. The van der Waals surface area contributed by atoms with Gasteiger partial charge in [0.05, 0.1) is 0 Å². The van der Waals surface area contributed by atoms with Gasteiger partial charge in [0.2, 0.25) is 5.91 Å². The van der Waals surface area contributed by atoms with Crippen molar-refractivity contribution in [2.45, 2.75) is 46.1 Å². The number of nitrogens with zero attached hydrogens (tertiary/aromatic N) is 1. The minimum atomic E-state index is -0.540. The van der Waals surface area contributed by atoms with Gasteiger partial charge in [-0.1, -0.05) is 6.92 Å². The third kappa shape index (κ3) is 2.94. The summed E-state index contributed by atoms with van der Waals surface area (Å²) in [5.41, 5.74) is -0.540. The maximum absolute atomic E-state index is 11.7. The lowest BCUT2D eigenvalue weighted by atomic mass is 10.1. The first kappa shape index (κ1) is 12.0. The number of imide groups is 1. The molecule has 4 heteroatoms. The Hall–Kier alpha value is -1.06. The zero-order valence-electron chi connectivity index (χ0n) is 9.87. The molecule has 0 spiro atoms. The predicted octanol–water partition coefficient (Wildman–Crippen LogP) is 2.18. The second-order valence-corrected chi connectivity index (χ2v) is 4.86. The van der Waals surface area contributed by atoms with Gasteiger partial charge >= 0.3 is 6.09 Å². The molecular weight excluding hydrogens is 194 g/mol. The van der Waals surface area contributed by atoms with Crippen molar-refractivity contribution in [3.8, 4) is 0 Å². The van der Waals surface area contributed by atoms with E-state index in [0.717, 1.165) is 12.8 Å². The van der Waals surface area contributed by atoms with Gasteiger partial charge in [-0.2, -0.15) is 0 Å². The van der Waals surface area contributed by atoms with Gasteiger partial charge in [-0.3, -0.25) is 4.79 Å². The molecule has 0 aromatic rings. The molecule has 1 saturated heterocycles. The summed E-state index contributed by atoms with van der Waals surface area (Å²) in [5.74, 6) is -0.0933. The van der Waals surface area contributed by atoms with E-state index in [9.17, 15) is 9.59 Å². The standard InChI is InChI=1S/C11H19NO3/c1-5-8-6-7-12(9(8)13)10(14)15-11(2,3)4/h8H,5-7H2,1-4H3/t8-/m1/s1. The molecule has 1 aliphatic rings. The lowest BCUT2D eigenvalue weighted by Crippen LogP contribution is -2.38. The second-order valence-electron chi connectivity index (χ2n) is 4.86. The van der Waals surface area contributed by atoms with Crippen molar-refractivity contribution in [3.63, 3.8) is 0 Å². The van der Waals surface area contributed by atoms with Gasteiger partial charge in [0.15, 0.2) is 0 Å². The topological polar surface area (TPSA) is 46.6 Å². The van der Waals surface area contributed by atoms with E-state index in [1.54, 1.807) is 20.8 Å². The molecule has 15 heavy (non-hydrogen) atoms. The predicted molar refractivity (Wildman–Crippen MR) is 56.3 cm³/mol. The molecular formula is C11H19NO3. The number of carbonyl (C=O) groups is 2. The van der Waals surface area contributed by atoms with Crippen molar-refractivity contribution < 1.29 is 14.3 Å². The van der Waals surface area contributed by atoms with E-state index >= 15 is 0 Å². The molecule has 1 aliphatic heterocycles. The first-order valence-electron chi connectivity index (χ1n) is 5.39. The monoisotopic (exact) mass is 213 g/mol. The van der Waals surface area contributed by atoms with Crippen molar-refractivity contribution in [1.29, 1.82) is 0 Å². The molecule has 4 nitrogen and oxygen atoms in total. The highest BCUT2D eigenvalue weighted by molar-refractivity contribution is 5.94. The summed E-state index contributed by atoms with van der Waals surface area (Å²) in [7, 11) is 0. The van der Waals surface area contributed by atoms with Gasteiger partial charge in [-0.05, 0) is 33.6 Å². The highest BCUT2D eigenvalue weighted by Gasteiger charge is 2.36. The van der Waals surface area contributed by atoms with Crippen molar-refractivity contribution >= 4 is 12.0 Å². The fraction of sp³-hybridized carbons (Fsp3) is 0.818. The van der Waals surface area contributed by atoms with Crippen molar-refractivity contribution in [2.75, 3.05) is 6.54 Å². The molecule has 1 heterocycles. The zero-order valence-corrected chi connectivity index (χ0v) is 9.87. The van der Waals surface area contributed by atoms with Crippen molar-refractivity contribution in [2.24, 2.45) is 5.92 Å². The van der Waals surface area contributed by atoms with E-state index in [1.165, 1.54) is 4.90 Å². The van der Waals surface area contributed by atoms with Crippen LogP contribution >= 0.6 is 0 Å². The van der Waals surface area contributed by atoms with E-state index < -0.39 is 11.7 Å². The molecule has 0 unspecified atom stereocenters. The van der Waals surface area contributed by atoms with E-state index in [-0.39, 0.29) is 11.8 Å². The minimum absolute atomic E-state index is 0.00230. The van der Waals surface area contributed by atoms with Crippen LogP contribution in [0.5, 0.6) is 0 Å². The molecule has 2 amide bonds. The van der Waals surface area contributed by atoms with Crippen LogP contribution in [0.3, 0.4) is 0 Å². The summed E-state index contributed by atoms with van der Waals surface area (Å²) in [6.45, 7) is 7.83. The Bertz CT molecular complexity index is 267. The van der Waals surface area contributed by atoms with Crippen molar-refractivity contribution in [3.05, 3.63) is 0 Å². The minimum Gasteiger partial charge on any atom is -0.443 e. The second kappa shape index (κ2) is 4.21. The van der Waals surface area contributed by atoms with Gasteiger partial charge in [0.1, 0.15) is 5.60 Å². The number of carbonyl (C=O) groups excluding carboxylic acids is 2. The van der Waals surface area contributed by atoms with Crippen LogP contribution in [0.1, 0.15) is 40.5 Å². The Labute approximate surface area is 90.6 Å². The van der Waals surface area contributed by atoms with Crippen LogP contribution in [0.15, 0.2) is 0 Å². The van der Waals surface area contributed by atoms with Crippen LogP contribution in [-0.2, 0) is 9.53 Å². The summed E-state index contributed by atoms with van der Waals surface area (Å²) in [5, 5.41) is 0. The van der Waals surface area contributed by atoms with Crippen LogP contribution in [0, 0.1) is 5.92 Å². The molecule has 1 rings (SSSR count). The number of hydrogen-bond donors (Lipinski definition) is 0. The Kier molecular flexibility index (Phi) is 3.37. The van der Waals surface area contributed by atoms with Gasteiger partial charge < -0.3 is 4.74 Å². The third-order valence-electron chi connectivity index (χ3n) is 2.42. The summed E-state index contributed by atoms with van der Waals surface area (Å²) >= 11 is 0. The number of amides is 2. The number of hydrogen-bond acceptors (Lipinski definition) is 3. The normalized spacial score (nSPS) is 22.0. The molecule has 1 atom stereocenters. The Morgan fingerprint density at radius 2 is 2.13 bits per heavy atom. The Morgan fingerprint density at radius 3 is 2.53 bits per heavy atom.